The molecule has 0 aromatic carbocycles. The van der Waals surface area contributed by atoms with Gasteiger partial charge in [-0.3, -0.25) is 0 Å². The van der Waals surface area contributed by atoms with E-state index in [-0.39, 0.29) is 0 Å². The first kappa shape index (κ1) is 14.1. The molecule has 1 aromatic rings. The van der Waals surface area contributed by atoms with E-state index in [1.807, 2.05) is 11.3 Å². The summed E-state index contributed by atoms with van der Waals surface area (Å²) >= 11 is 1.90. The second-order valence-electron chi connectivity index (χ2n) is 5.64. The fourth-order valence-electron chi connectivity index (χ4n) is 2.52. The lowest BCUT2D eigenvalue weighted by molar-refractivity contribution is 0.422. The maximum atomic E-state index is 3.74. The third-order valence-corrected chi connectivity index (χ3v) is 4.80. The van der Waals surface area contributed by atoms with Gasteiger partial charge in [-0.25, -0.2) is 0 Å². The van der Waals surface area contributed by atoms with Crippen LogP contribution < -0.4 is 5.32 Å². The Morgan fingerprint density at radius 3 is 2.94 bits per heavy atom. The van der Waals surface area contributed by atoms with Gasteiger partial charge in [0.15, 0.2) is 0 Å². The Kier molecular flexibility index (Phi) is 6.22. The van der Waals surface area contributed by atoms with Crippen LogP contribution in [0.5, 0.6) is 0 Å². The van der Waals surface area contributed by atoms with E-state index in [0.29, 0.717) is 0 Å². The lowest BCUT2D eigenvalue weighted by Gasteiger charge is -2.18. The molecule has 2 heteroatoms. The van der Waals surface area contributed by atoms with Crippen molar-refractivity contribution in [1.29, 1.82) is 0 Å². The molecule has 0 aliphatic heterocycles. The molecule has 1 heterocycles. The van der Waals surface area contributed by atoms with Crippen LogP contribution in [0.3, 0.4) is 0 Å². The molecule has 102 valence electrons. The van der Waals surface area contributed by atoms with Crippen molar-refractivity contribution in [3.8, 4) is 0 Å². The Morgan fingerprint density at radius 2 is 2.28 bits per heavy atom. The van der Waals surface area contributed by atoms with Crippen LogP contribution in [0.25, 0.3) is 0 Å². The van der Waals surface area contributed by atoms with Gasteiger partial charge in [0.25, 0.3) is 0 Å². The minimum Gasteiger partial charge on any atom is -0.314 e. The van der Waals surface area contributed by atoms with E-state index in [1.54, 1.807) is 4.88 Å². The van der Waals surface area contributed by atoms with Gasteiger partial charge in [-0.2, -0.15) is 0 Å². The summed E-state index contributed by atoms with van der Waals surface area (Å²) in [5.41, 5.74) is 0. The van der Waals surface area contributed by atoms with Crippen molar-refractivity contribution in [2.75, 3.05) is 6.54 Å². The highest BCUT2D eigenvalue weighted by Crippen LogP contribution is 2.34. The average molecular weight is 265 g/mol. The quantitative estimate of drug-likeness (QED) is 0.650. The van der Waals surface area contributed by atoms with Crippen LogP contribution >= 0.6 is 11.3 Å². The van der Waals surface area contributed by atoms with E-state index < -0.39 is 0 Å². The molecule has 0 spiro atoms. The zero-order chi connectivity index (χ0) is 12.6. The highest BCUT2D eigenvalue weighted by Gasteiger charge is 2.22. The van der Waals surface area contributed by atoms with Gasteiger partial charge in [0.1, 0.15) is 0 Å². The van der Waals surface area contributed by atoms with Crippen molar-refractivity contribution in [3.63, 3.8) is 0 Å². The number of rotatable bonds is 10. The highest BCUT2D eigenvalue weighted by molar-refractivity contribution is 7.09. The van der Waals surface area contributed by atoms with Gasteiger partial charge in [0.2, 0.25) is 0 Å². The lowest BCUT2D eigenvalue weighted by Crippen LogP contribution is -2.30. The van der Waals surface area contributed by atoms with Gasteiger partial charge in [0.05, 0.1) is 0 Å². The van der Waals surface area contributed by atoms with Gasteiger partial charge < -0.3 is 5.32 Å². The zero-order valence-corrected chi connectivity index (χ0v) is 12.5. The van der Waals surface area contributed by atoms with Crippen molar-refractivity contribution < 1.29 is 0 Å². The van der Waals surface area contributed by atoms with E-state index in [9.17, 15) is 0 Å². The van der Waals surface area contributed by atoms with Crippen LogP contribution in [-0.4, -0.2) is 12.6 Å². The minimum absolute atomic E-state index is 0.769. The number of hydrogen-bond donors (Lipinski definition) is 1. The molecule has 1 N–H and O–H groups in total. The minimum atomic E-state index is 0.769. The van der Waals surface area contributed by atoms with Crippen LogP contribution in [-0.2, 0) is 6.42 Å². The van der Waals surface area contributed by atoms with E-state index in [1.165, 1.54) is 57.9 Å². The standard InChI is InChI=1S/C16H27NS/c1-2-12-17-15(11-10-14-8-9-14)5-3-6-16-7-4-13-18-16/h4,7,13-15,17H,2-3,5-6,8-12H2,1H3. The molecule has 1 aromatic heterocycles. The van der Waals surface area contributed by atoms with Crippen molar-refractivity contribution in [2.24, 2.45) is 5.92 Å². The van der Waals surface area contributed by atoms with Crippen molar-refractivity contribution >= 4 is 11.3 Å². The number of nitrogens with one attached hydrogen (secondary N) is 1. The molecule has 1 saturated carbocycles. The Hall–Kier alpha value is -0.340. The van der Waals surface area contributed by atoms with E-state index in [4.69, 9.17) is 0 Å². The van der Waals surface area contributed by atoms with E-state index in [2.05, 4.69) is 29.8 Å². The smallest absolute Gasteiger partial charge is 0.00672 e. The third-order valence-electron chi connectivity index (χ3n) is 3.86. The lowest BCUT2D eigenvalue weighted by atomic mass is 10.0. The summed E-state index contributed by atoms with van der Waals surface area (Å²) < 4.78 is 0. The molecule has 0 amide bonds. The van der Waals surface area contributed by atoms with Gasteiger partial charge >= 0.3 is 0 Å². The van der Waals surface area contributed by atoms with Gasteiger partial charge in [0, 0.05) is 10.9 Å². The molecule has 1 aliphatic carbocycles. The van der Waals surface area contributed by atoms with Gasteiger partial charge in [-0.1, -0.05) is 25.8 Å². The monoisotopic (exact) mass is 265 g/mol. The normalized spacial score (nSPS) is 16.9. The van der Waals surface area contributed by atoms with Crippen LogP contribution in [0, 0.1) is 5.92 Å². The predicted molar refractivity (Wildman–Crippen MR) is 81.3 cm³/mol. The van der Waals surface area contributed by atoms with Crippen LogP contribution in [0.1, 0.15) is 56.7 Å². The maximum absolute atomic E-state index is 3.74. The van der Waals surface area contributed by atoms with E-state index >= 15 is 0 Å². The molecule has 1 unspecified atom stereocenters. The third kappa shape index (κ3) is 5.53. The molecule has 1 nitrogen and oxygen atoms in total. The summed E-state index contributed by atoms with van der Waals surface area (Å²) in [6.07, 6.45) is 11.1. The fraction of sp³-hybridized carbons (Fsp3) is 0.750. The summed E-state index contributed by atoms with van der Waals surface area (Å²) in [4.78, 5) is 1.55. The van der Waals surface area contributed by atoms with Crippen molar-refractivity contribution in [2.45, 2.75) is 64.3 Å². The summed E-state index contributed by atoms with van der Waals surface area (Å²) in [5.74, 6) is 1.08. The van der Waals surface area contributed by atoms with Gasteiger partial charge in [-0.05, 0) is 62.4 Å². The molecule has 1 atom stereocenters. The van der Waals surface area contributed by atoms with Crippen molar-refractivity contribution in [3.05, 3.63) is 22.4 Å². The zero-order valence-electron chi connectivity index (χ0n) is 11.7. The van der Waals surface area contributed by atoms with Crippen LogP contribution in [0.2, 0.25) is 0 Å². The molecular weight excluding hydrogens is 238 g/mol. The second kappa shape index (κ2) is 7.96. The summed E-state index contributed by atoms with van der Waals surface area (Å²) in [6, 6.07) is 5.20. The topological polar surface area (TPSA) is 12.0 Å². The summed E-state index contributed by atoms with van der Waals surface area (Å²) in [7, 11) is 0. The Labute approximate surface area is 116 Å². The molecule has 0 bridgehead atoms. The first-order chi connectivity index (χ1) is 8.88. The predicted octanol–water partition coefficient (Wildman–Crippen LogP) is 4.63. The molecule has 18 heavy (non-hydrogen) atoms. The fourth-order valence-corrected chi connectivity index (χ4v) is 3.27. The Balaban J connectivity index is 1.62. The maximum Gasteiger partial charge on any atom is 0.00672 e. The molecule has 2 rings (SSSR count). The van der Waals surface area contributed by atoms with Gasteiger partial charge in [-0.15, -0.1) is 11.3 Å². The summed E-state index contributed by atoms with van der Waals surface area (Å²) in [5, 5.41) is 5.93. The average Bonchev–Trinajstić information content (AvgIpc) is 3.07. The number of thiophene rings is 1. The number of hydrogen-bond acceptors (Lipinski definition) is 2. The molecule has 0 radical (unpaired) electrons. The first-order valence-corrected chi connectivity index (χ1v) is 8.52. The highest BCUT2D eigenvalue weighted by atomic mass is 32.1. The number of aryl methyl sites for hydroxylation is 1. The molecule has 1 fully saturated rings. The van der Waals surface area contributed by atoms with E-state index in [0.717, 1.165) is 12.0 Å². The molecular formula is C16H27NS. The SMILES string of the molecule is CCCNC(CCCc1cccs1)CCC1CC1. The second-order valence-corrected chi connectivity index (χ2v) is 6.68. The first-order valence-electron chi connectivity index (χ1n) is 7.64. The Morgan fingerprint density at radius 1 is 1.39 bits per heavy atom. The largest absolute Gasteiger partial charge is 0.314 e. The van der Waals surface area contributed by atoms with Crippen LogP contribution in [0.15, 0.2) is 17.5 Å². The summed E-state index contributed by atoms with van der Waals surface area (Å²) in [6.45, 7) is 3.45. The Bertz CT molecular complexity index is 303. The van der Waals surface area contributed by atoms with Crippen molar-refractivity contribution in [1.82, 2.24) is 5.32 Å². The van der Waals surface area contributed by atoms with Crippen LogP contribution in [0.4, 0.5) is 0 Å². The molecule has 1 aliphatic rings. The molecule has 0 saturated heterocycles.